The zero-order valence-electron chi connectivity index (χ0n) is 12.6. The Morgan fingerprint density at radius 2 is 2.32 bits per heavy atom. The molecule has 0 saturated heterocycles. The molecular weight excluding hydrogens is 284 g/mol. The summed E-state index contributed by atoms with van der Waals surface area (Å²) in [6.45, 7) is 1.60. The molecule has 1 amide bonds. The molecule has 1 aliphatic rings. The lowest BCUT2D eigenvalue weighted by Gasteiger charge is -2.34. The number of nitrogens with zero attached hydrogens (tertiary/aromatic N) is 4. The Balaban J connectivity index is 1.88. The predicted octanol–water partition coefficient (Wildman–Crippen LogP) is 1.13. The first-order chi connectivity index (χ1) is 10.7. The van der Waals surface area contributed by atoms with Crippen LogP contribution in [-0.4, -0.2) is 52.7 Å². The van der Waals surface area contributed by atoms with E-state index >= 15 is 0 Å². The van der Waals surface area contributed by atoms with Crippen LogP contribution < -0.4 is 4.74 Å². The molecule has 0 radical (unpaired) electrons. The van der Waals surface area contributed by atoms with Crippen molar-refractivity contribution in [1.29, 1.82) is 0 Å². The van der Waals surface area contributed by atoms with Crippen LogP contribution in [0.2, 0.25) is 0 Å². The minimum atomic E-state index is -0.0986. The second-order valence-electron chi connectivity index (χ2n) is 5.15. The monoisotopic (exact) mass is 302 g/mol. The number of rotatable bonds is 4. The number of hydrogen-bond donors (Lipinski definition) is 0. The SMILES string of the molecule is COCC1CN(C(=O)c2cccnc2OC)Cc2cncn21. The van der Waals surface area contributed by atoms with Crippen LogP contribution in [0.25, 0.3) is 0 Å². The summed E-state index contributed by atoms with van der Waals surface area (Å²) in [5, 5.41) is 0. The van der Waals surface area contributed by atoms with Gasteiger partial charge in [-0.1, -0.05) is 0 Å². The zero-order chi connectivity index (χ0) is 15.5. The van der Waals surface area contributed by atoms with Gasteiger partial charge < -0.3 is 18.9 Å². The normalized spacial score (nSPS) is 17.2. The van der Waals surface area contributed by atoms with E-state index in [1.54, 1.807) is 42.9 Å². The molecule has 1 unspecified atom stereocenters. The van der Waals surface area contributed by atoms with Crippen molar-refractivity contribution in [2.45, 2.75) is 12.6 Å². The van der Waals surface area contributed by atoms with Gasteiger partial charge in [0.1, 0.15) is 5.56 Å². The summed E-state index contributed by atoms with van der Waals surface area (Å²) in [6.07, 6.45) is 5.17. The van der Waals surface area contributed by atoms with Crippen LogP contribution in [0.1, 0.15) is 22.1 Å². The van der Waals surface area contributed by atoms with Gasteiger partial charge in [-0.3, -0.25) is 4.79 Å². The molecule has 0 aromatic carbocycles. The number of methoxy groups -OCH3 is 2. The topological polar surface area (TPSA) is 69.5 Å². The Bertz CT molecular complexity index is 670. The highest BCUT2D eigenvalue weighted by Crippen LogP contribution is 2.24. The van der Waals surface area contributed by atoms with E-state index < -0.39 is 0 Å². The minimum Gasteiger partial charge on any atom is -0.480 e. The predicted molar refractivity (Wildman–Crippen MR) is 78.7 cm³/mol. The first-order valence-corrected chi connectivity index (χ1v) is 7.02. The largest absolute Gasteiger partial charge is 0.480 e. The quantitative estimate of drug-likeness (QED) is 0.847. The fourth-order valence-electron chi connectivity index (χ4n) is 2.75. The van der Waals surface area contributed by atoms with Gasteiger partial charge in [0.25, 0.3) is 5.91 Å². The van der Waals surface area contributed by atoms with E-state index in [2.05, 4.69) is 14.5 Å². The molecule has 1 aliphatic heterocycles. The van der Waals surface area contributed by atoms with Crippen molar-refractivity contribution in [3.63, 3.8) is 0 Å². The van der Waals surface area contributed by atoms with Gasteiger partial charge in [-0.25, -0.2) is 9.97 Å². The van der Waals surface area contributed by atoms with Gasteiger partial charge in [0, 0.05) is 26.0 Å². The van der Waals surface area contributed by atoms with Crippen molar-refractivity contribution >= 4 is 5.91 Å². The Morgan fingerprint density at radius 3 is 3.09 bits per heavy atom. The van der Waals surface area contributed by atoms with Crippen LogP contribution in [0.4, 0.5) is 0 Å². The average molecular weight is 302 g/mol. The smallest absolute Gasteiger partial charge is 0.259 e. The molecule has 116 valence electrons. The Labute approximate surface area is 128 Å². The molecule has 0 fully saturated rings. The maximum absolute atomic E-state index is 12.8. The van der Waals surface area contributed by atoms with Crippen LogP contribution in [0, 0.1) is 0 Å². The number of aromatic nitrogens is 3. The molecule has 0 saturated carbocycles. The molecule has 0 aliphatic carbocycles. The third-order valence-corrected chi connectivity index (χ3v) is 3.76. The van der Waals surface area contributed by atoms with E-state index in [4.69, 9.17) is 9.47 Å². The highest BCUT2D eigenvalue weighted by molar-refractivity contribution is 5.96. The van der Waals surface area contributed by atoms with E-state index in [0.717, 1.165) is 5.69 Å². The fourth-order valence-corrected chi connectivity index (χ4v) is 2.75. The van der Waals surface area contributed by atoms with Gasteiger partial charge in [0.05, 0.1) is 38.3 Å². The number of hydrogen-bond acceptors (Lipinski definition) is 5. The summed E-state index contributed by atoms with van der Waals surface area (Å²) < 4.78 is 12.5. The van der Waals surface area contributed by atoms with Gasteiger partial charge in [-0.15, -0.1) is 0 Å². The molecule has 0 spiro atoms. The number of ether oxygens (including phenoxy) is 2. The summed E-state index contributed by atoms with van der Waals surface area (Å²) in [7, 11) is 3.17. The van der Waals surface area contributed by atoms with E-state index in [9.17, 15) is 4.79 Å². The van der Waals surface area contributed by atoms with Gasteiger partial charge in [0.15, 0.2) is 0 Å². The molecule has 7 nitrogen and oxygen atoms in total. The molecule has 3 rings (SSSR count). The van der Waals surface area contributed by atoms with Crippen LogP contribution >= 0.6 is 0 Å². The highest BCUT2D eigenvalue weighted by atomic mass is 16.5. The third-order valence-electron chi connectivity index (χ3n) is 3.76. The lowest BCUT2D eigenvalue weighted by Crippen LogP contribution is -2.42. The second kappa shape index (κ2) is 6.15. The molecule has 3 heterocycles. The molecule has 1 atom stereocenters. The van der Waals surface area contributed by atoms with Crippen LogP contribution in [0.5, 0.6) is 5.88 Å². The third kappa shape index (κ3) is 2.55. The summed E-state index contributed by atoms with van der Waals surface area (Å²) >= 11 is 0. The van der Waals surface area contributed by atoms with E-state index in [0.29, 0.717) is 31.1 Å². The Hall–Kier alpha value is -2.41. The maximum Gasteiger partial charge on any atom is 0.259 e. The molecule has 0 bridgehead atoms. The van der Waals surface area contributed by atoms with Crippen LogP contribution in [-0.2, 0) is 11.3 Å². The lowest BCUT2D eigenvalue weighted by atomic mass is 10.1. The first-order valence-electron chi connectivity index (χ1n) is 7.02. The highest BCUT2D eigenvalue weighted by Gasteiger charge is 2.29. The van der Waals surface area contributed by atoms with Crippen molar-refractivity contribution in [3.05, 3.63) is 42.1 Å². The number of fused-ring (bicyclic) bond motifs is 1. The van der Waals surface area contributed by atoms with Crippen molar-refractivity contribution in [2.75, 3.05) is 27.4 Å². The second-order valence-corrected chi connectivity index (χ2v) is 5.15. The van der Waals surface area contributed by atoms with Gasteiger partial charge >= 0.3 is 0 Å². The van der Waals surface area contributed by atoms with Gasteiger partial charge in [0.2, 0.25) is 5.88 Å². The first kappa shape index (κ1) is 14.5. The van der Waals surface area contributed by atoms with Crippen LogP contribution in [0.3, 0.4) is 0 Å². The van der Waals surface area contributed by atoms with Crippen LogP contribution in [0.15, 0.2) is 30.9 Å². The number of carbonyl (C=O) groups excluding carboxylic acids is 1. The van der Waals surface area contributed by atoms with E-state index in [1.165, 1.54) is 7.11 Å². The summed E-state index contributed by atoms with van der Waals surface area (Å²) in [4.78, 5) is 22.8. The molecular formula is C15H18N4O3. The van der Waals surface area contributed by atoms with Crippen molar-refractivity contribution in [3.8, 4) is 5.88 Å². The molecule has 0 N–H and O–H groups in total. The summed E-state index contributed by atoms with van der Waals surface area (Å²) in [6, 6.07) is 3.52. The summed E-state index contributed by atoms with van der Waals surface area (Å²) in [5.74, 6) is 0.244. The minimum absolute atomic E-state index is 0.0582. The van der Waals surface area contributed by atoms with Gasteiger partial charge in [-0.05, 0) is 12.1 Å². The molecule has 2 aromatic heterocycles. The number of pyridine rings is 1. The maximum atomic E-state index is 12.8. The Morgan fingerprint density at radius 1 is 1.45 bits per heavy atom. The van der Waals surface area contributed by atoms with E-state index in [1.807, 2.05) is 0 Å². The zero-order valence-corrected chi connectivity index (χ0v) is 12.6. The molecule has 7 heteroatoms. The number of carbonyl (C=O) groups is 1. The summed E-state index contributed by atoms with van der Waals surface area (Å²) in [5.41, 5.74) is 1.46. The Kier molecular flexibility index (Phi) is 4.06. The standard InChI is InChI=1S/C15H18N4O3/c1-21-9-12-8-18(7-11-6-16-10-19(11)12)15(20)13-4-3-5-17-14(13)22-2/h3-6,10,12H,7-9H2,1-2H3. The van der Waals surface area contributed by atoms with Crippen molar-refractivity contribution in [1.82, 2.24) is 19.4 Å². The average Bonchev–Trinajstić information content (AvgIpc) is 3.03. The van der Waals surface area contributed by atoms with Crippen molar-refractivity contribution in [2.24, 2.45) is 0 Å². The lowest BCUT2D eigenvalue weighted by molar-refractivity contribution is 0.0596. The van der Waals surface area contributed by atoms with Gasteiger partial charge in [-0.2, -0.15) is 0 Å². The fraction of sp³-hybridized carbons (Fsp3) is 0.400. The molecule has 2 aromatic rings. The number of imidazole rings is 1. The molecule has 22 heavy (non-hydrogen) atoms. The number of amides is 1. The van der Waals surface area contributed by atoms with E-state index in [-0.39, 0.29) is 11.9 Å². The van der Waals surface area contributed by atoms with Crippen molar-refractivity contribution < 1.29 is 14.3 Å².